The first-order chi connectivity index (χ1) is 14.7. The lowest BCUT2D eigenvalue weighted by Gasteiger charge is -2.26. The SMILES string of the molecule is Cc1ccc(NC(=O)c2csc(CN(C(=O)Nc3ccccc3F)C(C)C)n2)cc1C. The van der Waals surface area contributed by atoms with Gasteiger partial charge < -0.3 is 15.5 Å². The first kappa shape index (κ1) is 22.4. The van der Waals surface area contributed by atoms with Crippen LogP contribution in [0.4, 0.5) is 20.6 Å². The number of aryl methyl sites for hydroxylation is 2. The van der Waals surface area contributed by atoms with Crippen molar-refractivity contribution in [3.8, 4) is 0 Å². The van der Waals surface area contributed by atoms with Gasteiger partial charge in [0.1, 0.15) is 16.5 Å². The summed E-state index contributed by atoms with van der Waals surface area (Å²) in [5.41, 5.74) is 3.35. The molecule has 0 spiro atoms. The van der Waals surface area contributed by atoms with Gasteiger partial charge in [0.25, 0.3) is 5.91 Å². The summed E-state index contributed by atoms with van der Waals surface area (Å²) >= 11 is 1.30. The molecule has 3 amide bonds. The van der Waals surface area contributed by atoms with Crippen LogP contribution in [-0.4, -0.2) is 27.9 Å². The number of anilines is 2. The zero-order valence-electron chi connectivity index (χ0n) is 17.9. The van der Waals surface area contributed by atoms with Crippen molar-refractivity contribution >= 4 is 34.6 Å². The molecule has 3 rings (SSSR count). The smallest absolute Gasteiger partial charge is 0.321 e. The molecule has 3 aromatic rings. The maximum atomic E-state index is 13.9. The Hall–Kier alpha value is -3.26. The first-order valence-corrected chi connectivity index (χ1v) is 10.8. The molecular formula is C23H25FN4O2S. The molecule has 1 aromatic heterocycles. The Bertz CT molecular complexity index is 1100. The Morgan fingerprint density at radius 2 is 1.84 bits per heavy atom. The van der Waals surface area contributed by atoms with Crippen molar-refractivity contribution < 1.29 is 14.0 Å². The summed E-state index contributed by atoms with van der Waals surface area (Å²) < 4.78 is 13.9. The second kappa shape index (κ2) is 9.70. The summed E-state index contributed by atoms with van der Waals surface area (Å²) in [7, 11) is 0. The van der Waals surface area contributed by atoms with Crippen molar-refractivity contribution in [2.75, 3.05) is 10.6 Å². The largest absolute Gasteiger partial charge is 0.322 e. The first-order valence-electron chi connectivity index (χ1n) is 9.89. The molecule has 0 saturated heterocycles. The molecule has 0 fully saturated rings. The minimum Gasteiger partial charge on any atom is -0.321 e. The molecule has 31 heavy (non-hydrogen) atoms. The lowest BCUT2D eigenvalue weighted by molar-refractivity contribution is 0.102. The van der Waals surface area contributed by atoms with Crippen molar-refractivity contribution in [3.63, 3.8) is 0 Å². The van der Waals surface area contributed by atoms with Gasteiger partial charge in [0.15, 0.2) is 0 Å². The van der Waals surface area contributed by atoms with Crippen LogP contribution in [0, 0.1) is 19.7 Å². The van der Waals surface area contributed by atoms with Gasteiger partial charge in [0.2, 0.25) is 0 Å². The molecule has 2 N–H and O–H groups in total. The van der Waals surface area contributed by atoms with E-state index in [1.54, 1.807) is 17.5 Å². The number of amides is 3. The molecule has 0 saturated carbocycles. The van der Waals surface area contributed by atoms with Gasteiger partial charge in [-0.2, -0.15) is 0 Å². The van der Waals surface area contributed by atoms with E-state index in [9.17, 15) is 14.0 Å². The summed E-state index contributed by atoms with van der Waals surface area (Å²) in [5.74, 6) is -0.809. The topological polar surface area (TPSA) is 74.3 Å². The van der Waals surface area contributed by atoms with Crippen LogP contribution in [0.15, 0.2) is 47.8 Å². The summed E-state index contributed by atoms with van der Waals surface area (Å²) in [6.45, 7) is 7.93. The summed E-state index contributed by atoms with van der Waals surface area (Å²) in [6.07, 6.45) is 0. The lowest BCUT2D eigenvalue weighted by atomic mass is 10.1. The third-order valence-corrected chi connectivity index (χ3v) is 5.69. The van der Waals surface area contributed by atoms with Crippen LogP contribution in [0.5, 0.6) is 0 Å². The number of nitrogens with one attached hydrogen (secondary N) is 2. The molecule has 0 atom stereocenters. The number of benzene rings is 2. The van der Waals surface area contributed by atoms with Gasteiger partial charge >= 0.3 is 6.03 Å². The molecule has 0 unspecified atom stereocenters. The number of para-hydroxylation sites is 1. The second-order valence-corrected chi connectivity index (χ2v) is 8.45. The summed E-state index contributed by atoms with van der Waals surface area (Å²) in [6, 6.07) is 11.1. The summed E-state index contributed by atoms with van der Waals surface area (Å²) in [4.78, 5) is 31.2. The number of thiazole rings is 1. The highest BCUT2D eigenvalue weighted by atomic mass is 32.1. The third kappa shape index (κ3) is 5.67. The molecule has 0 aliphatic carbocycles. The zero-order valence-corrected chi connectivity index (χ0v) is 18.7. The van der Waals surface area contributed by atoms with Crippen LogP contribution in [0.3, 0.4) is 0 Å². The molecule has 6 nitrogen and oxygen atoms in total. The molecule has 2 aromatic carbocycles. The maximum absolute atomic E-state index is 13.9. The monoisotopic (exact) mass is 440 g/mol. The van der Waals surface area contributed by atoms with E-state index in [2.05, 4.69) is 15.6 Å². The Morgan fingerprint density at radius 3 is 2.52 bits per heavy atom. The van der Waals surface area contributed by atoms with E-state index in [0.29, 0.717) is 10.7 Å². The van der Waals surface area contributed by atoms with Crippen molar-refractivity contribution in [2.45, 2.75) is 40.3 Å². The van der Waals surface area contributed by atoms with Crippen LogP contribution in [0.1, 0.15) is 40.5 Å². The standard InChI is InChI=1S/C23H25FN4O2S/c1-14(2)28(23(30)27-19-8-6-5-7-18(19)24)12-21-26-20(13-31-21)22(29)25-17-10-9-15(3)16(4)11-17/h5-11,13-14H,12H2,1-4H3,(H,25,29)(H,27,30). The molecule has 8 heteroatoms. The Labute approximate surface area is 185 Å². The number of aromatic nitrogens is 1. The number of hydrogen-bond acceptors (Lipinski definition) is 4. The average molecular weight is 441 g/mol. The molecular weight excluding hydrogens is 415 g/mol. The highest BCUT2D eigenvalue weighted by Gasteiger charge is 2.21. The fraction of sp³-hybridized carbons (Fsp3) is 0.261. The number of rotatable bonds is 6. The van der Waals surface area contributed by atoms with Gasteiger partial charge in [0.05, 0.1) is 12.2 Å². The Balaban J connectivity index is 1.68. The normalized spacial score (nSPS) is 10.8. The van der Waals surface area contributed by atoms with Gasteiger partial charge in [0, 0.05) is 17.1 Å². The van der Waals surface area contributed by atoms with Gasteiger partial charge in [-0.1, -0.05) is 18.2 Å². The third-order valence-electron chi connectivity index (χ3n) is 4.85. The minimum absolute atomic E-state index is 0.116. The summed E-state index contributed by atoms with van der Waals surface area (Å²) in [5, 5.41) is 7.72. The van der Waals surface area contributed by atoms with Crippen LogP contribution < -0.4 is 10.6 Å². The Morgan fingerprint density at radius 1 is 1.10 bits per heavy atom. The predicted molar refractivity (Wildman–Crippen MR) is 122 cm³/mol. The van der Waals surface area contributed by atoms with Gasteiger partial charge in [-0.15, -0.1) is 11.3 Å². The van der Waals surface area contributed by atoms with Crippen molar-refractivity contribution in [2.24, 2.45) is 0 Å². The molecule has 0 radical (unpaired) electrons. The minimum atomic E-state index is -0.501. The number of halogens is 1. The highest BCUT2D eigenvalue weighted by molar-refractivity contribution is 7.09. The van der Waals surface area contributed by atoms with Crippen LogP contribution >= 0.6 is 11.3 Å². The van der Waals surface area contributed by atoms with E-state index < -0.39 is 11.8 Å². The lowest BCUT2D eigenvalue weighted by Crippen LogP contribution is -2.39. The van der Waals surface area contributed by atoms with Crippen LogP contribution in [0.25, 0.3) is 0 Å². The van der Waals surface area contributed by atoms with Gasteiger partial charge in [-0.25, -0.2) is 14.2 Å². The number of carbonyl (C=O) groups is 2. The molecule has 0 bridgehead atoms. The predicted octanol–water partition coefficient (Wildman–Crippen LogP) is 5.59. The number of nitrogens with zero attached hydrogens (tertiary/aromatic N) is 2. The van der Waals surface area contributed by atoms with Crippen molar-refractivity contribution in [1.29, 1.82) is 0 Å². The van der Waals surface area contributed by atoms with Crippen molar-refractivity contribution in [1.82, 2.24) is 9.88 Å². The van der Waals surface area contributed by atoms with E-state index in [4.69, 9.17) is 0 Å². The maximum Gasteiger partial charge on any atom is 0.322 e. The van der Waals surface area contributed by atoms with E-state index in [1.165, 1.54) is 28.4 Å². The second-order valence-electron chi connectivity index (χ2n) is 7.51. The van der Waals surface area contributed by atoms with Crippen molar-refractivity contribution in [3.05, 3.63) is 75.5 Å². The number of urea groups is 1. The van der Waals surface area contributed by atoms with Gasteiger partial charge in [-0.05, 0) is 63.1 Å². The highest BCUT2D eigenvalue weighted by Crippen LogP contribution is 2.19. The fourth-order valence-corrected chi connectivity index (χ4v) is 3.66. The van der Waals surface area contributed by atoms with E-state index in [1.807, 2.05) is 45.9 Å². The molecule has 162 valence electrons. The van der Waals surface area contributed by atoms with Gasteiger partial charge in [-0.3, -0.25) is 4.79 Å². The molecule has 0 aliphatic rings. The number of carbonyl (C=O) groups excluding carboxylic acids is 2. The average Bonchev–Trinajstić information content (AvgIpc) is 3.19. The van der Waals surface area contributed by atoms with E-state index in [-0.39, 0.29) is 29.9 Å². The van der Waals surface area contributed by atoms with Crippen LogP contribution in [0.2, 0.25) is 0 Å². The Kier molecular flexibility index (Phi) is 7.02. The number of hydrogen-bond donors (Lipinski definition) is 2. The van der Waals surface area contributed by atoms with Crippen LogP contribution in [-0.2, 0) is 6.54 Å². The molecule has 1 heterocycles. The van der Waals surface area contributed by atoms with E-state index in [0.717, 1.165) is 11.1 Å². The van der Waals surface area contributed by atoms with E-state index >= 15 is 0 Å². The zero-order chi connectivity index (χ0) is 22.5. The fourth-order valence-electron chi connectivity index (χ4n) is 2.89. The molecule has 0 aliphatic heterocycles. The quantitative estimate of drug-likeness (QED) is 0.524.